The molecule has 9 N–H and O–H groups in total. The number of hydrogen-bond donors (Lipinski definition) is 9. The summed E-state index contributed by atoms with van der Waals surface area (Å²) in [5, 5.41) is 91.4. The zero-order valence-electron chi connectivity index (χ0n) is 55.2. The number of thiophene rings is 8. The molecule has 0 spiro atoms. The van der Waals surface area contributed by atoms with Crippen LogP contribution in [0.5, 0.6) is 92.0 Å². The highest BCUT2D eigenvalue weighted by molar-refractivity contribution is 8.10. The summed E-state index contributed by atoms with van der Waals surface area (Å²) in [6.45, 7) is 8.30. The quantitative estimate of drug-likeness (QED) is 0.0437. The van der Waals surface area contributed by atoms with E-state index in [-0.39, 0.29) is 124 Å². The van der Waals surface area contributed by atoms with E-state index in [0.29, 0.717) is 92.9 Å². The molecule has 0 bridgehead atoms. The molecule has 0 fully saturated rings. The van der Waals surface area contributed by atoms with Crippen molar-refractivity contribution in [2.24, 2.45) is 0 Å². The second-order valence-electron chi connectivity index (χ2n) is 24.6. The fourth-order valence-corrected chi connectivity index (χ4v) is 22.7. The van der Waals surface area contributed by atoms with Gasteiger partial charge in [0, 0.05) is 25.4 Å². The summed E-state index contributed by atoms with van der Waals surface area (Å²) in [5.74, 6) is 10.4. The van der Waals surface area contributed by atoms with E-state index >= 15 is 0 Å². The molecule has 0 saturated heterocycles. The van der Waals surface area contributed by atoms with E-state index in [0.717, 1.165) is 90.5 Å². The van der Waals surface area contributed by atoms with Crippen molar-refractivity contribution in [1.82, 2.24) is 0 Å². The topological polar surface area (TPSA) is 350 Å². The number of ether oxygens (including phenoxy) is 17. The lowest BCUT2D eigenvalue weighted by Gasteiger charge is -2.26. The number of ketones is 1. The number of hydrogen-bond acceptors (Lipinski definition) is 35. The monoisotopic (exact) mass is 1590 g/mol. The maximum absolute atomic E-state index is 10.0. The lowest BCUT2D eigenvalue weighted by atomic mass is 10.2. The second-order valence-corrected chi connectivity index (χ2v) is 34.4. The molecule has 36 heteroatoms. The minimum absolute atomic E-state index is 0.00492. The smallest absolute Gasteiger partial charge is 0.375 e. The standard InChI is InChI=1S/C30H31O12S4.C30H30O12S4.C7H8O3S/c2*1-11-17-22(40-14(4-32)7-35-17)28(43-11)26-20-24(42-16(6-34)9-37-20)30(45-26)27-21-23(41-15(5-33)10-38-21)29(46-27)25-19-18(12(2)44-25)39-13(3-31)8-36-19;8-1-5-2-9-6-3-11-4-7(6)10-5/h11,13-16,31-34H,3-10H2,1-2H3;13-16,31-34H,3-10H2,1-2H3;3-5,8H,1-2H2/q+1;;. The Hall–Kier alpha value is -6.40. The molecule has 8 aromatic rings. The van der Waals surface area contributed by atoms with Crippen LogP contribution in [-0.4, -0.2) is 231 Å². The third kappa shape index (κ3) is 12.9. The zero-order chi connectivity index (χ0) is 71.1. The molecule has 10 aliphatic rings. The number of fused-ring (bicyclic) bond motifs is 9. The van der Waals surface area contributed by atoms with Gasteiger partial charge in [0.2, 0.25) is 11.9 Å². The number of thioether (sulfide) groups is 1. The van der Waals surface area contributed by atoms with Crippen molar-refractivity contribution in [3.63, 3.8) is 0 Å². The minimum atomic E-state index is -0.575. The Labute approximate surface area is 623 Å². The molecule has 0 aliphatic carbocycles. The fourth-order valence-electron chi connectivity index (χ4n) is 12.3. The van der Waals surface area contributed by atoms with Gasteiger partial charge in [0.15, 0.2) is 141 Å². The number of aryl methyl sites for hydroxylation is 3. The van der Waals surface area contributed by atoms with Gasteiger partial charge in [-0.1, -0.05) is 0 Å². The summed E-state index contributed by atoms with van der Waals surface area (Å²) in [4.78, 5) is 11.9. The van der Waals surface area contributed by atoms with Crippen LogP contribution in [0.25, 0.3) is 53.7 Å². The molecule has 18 rings (SSSR count). The number of carbonyl (C=O) groups excluding carboxylic acids is 1. The molecule has 10 unspecified atom stereocenters. The van der Waals surface area contributed by atoms with E-state index in [2.05, 4.69) is 0 Å². The van der Waals surface area contributed by atoms with Crippen molar-refractivity contribution in [2.45, 2.75) is 87.9 Å². The third-order valence-corrected chi connectivity index (χ3v) is 28.0. The third-order valence-electron chi connectivity index (χ3n) is 17.3. The maximum atomic E-state index is 10.0. The van der Waals surface area contributed by atoms with E-state index in [9.17, 15) is 40.9 Å². The van der Waals surface area contributed by atoms with E-state index in [4.69, 9.17) is 90.1 Å². The highest BCUT2D eigenvalue weighted by Gasteiger charge is 2.49. The Bertz CT molecular complexity index is 4530. The SMILES string of the molecule is Cc1sc(-c2sc(-c3sc(-c4sc(C)c5c4OC(CO)CO5)c4c3OC(CO)CO4)c3c2OC(CO)CO3)c2c1OC(CO)CO2.Cc1sc(-c2sc(-c3sc(C4=C5OC(CO)C[O+]=C5C(C)S4)c4c3OC(CO)CO4)c3c2OC(CO)CO3)c2c1OC(CO)CO2.OCC1COc2cscc2O1. The number of aliphatic hydroxyl groups excluding tert-OH is 9. The molecule has 552 valence electrons. The lowest BCUT2D eigenvalue weighted by Crippen LogP contribution is -2.33. The van der Waals surface area contributed by atoms with Crippen LogP contribution < -0.4 is 75.8 Å². The van der Waals surface area contributed by atoms with Gasteiger partial charge in [-0.3, -0.25) is 0 Å². The molecule has 0 aromatic carbocycles. The predicted octanol–water partition coefficient (Wildman–Crippen LogP) is 8.17. The summed E-state index contributed by atoms with van der Waals surface area (Å²) in [6.07, 6.45) is -4.36. The van der Waals surface area contributed by atoms with Crippen LogP contribution in [0.3, 0.4) is 0 Å². The van der Waals surface area contributed by atoms with Gasteiger partial charge < -0.3 is 126 Å². The first-order valence-corrected chi connectivity index (χ1v) is 40.3. The molecule has 103 heavy (non-hydrogen) atoms. The molecule has 10 aliphatic heterocycles. The maximum Gasteiger partial charge on any atom is 0.375 e. The first-order chi connectivity index (χ1) is 50.2. The van der Waals surface area contributed by atoms with Gasteiger partial charge >= 0.3 is 12.4 Å². The van der Waals surface area contributed by atoms with Crippen LogP contribution in [0, 0.1) is 20.8 Å². The van der Waals surface area contributed by atoms with Gasteiger partial charge in [0.1, 0.15) is 58.1 Å². The Kier molecular flexibility index (Phi) is 20.5. The van der Waals surface area contributed by atoms with Gasteiger partial charge in [-0.15, -0.1) is 102 Å². The summed E-state index contributed by atoms with van der Waals surface area (Å²) >= 11 is 13.4. The summed E-state index contributed by atoms with van der Waals surface area (Å²) in [5.41, 5.74) is 0. The van der Waals surface area contributed by atoms with Crippen molar-refractivity contribution >= 4 is 113 Å². The Morgan fingerprint density at radius 2 is 0.592 bits per heavy atom. The molecule has 27 nitrogen and oxygen atoms in total. The molecular weight excluding hydrogens is 1530 g/mol. The van der Waals surface area contributed by atoms with Crippen molar-refractivity contribution in [3.8, 4) is 141 Å². The number of aliphatic hydroxyl groups is 9. The van der Waals surface area contributed by atoms with Gasteiger partial charge in [0.25, 0.3) is 0 Å². The molecule has 10 atom stereocenters. The van der Waals surface area contributed by atoms with Crippen molar-refractivity contribution in [2.75, 3.05) is 119 Å². The average Bonchev–Trinajstić information content (AvgIpc) is 1.58. The van der Waals surface area contributed by atoms with Crippen LogP contribution in [0.4, 0.5) is 0 Å². The molecular formula is C67H69O27S9+. The molecule has 0 amide bonds. The number of rotatable bonds is 15. The van der Waals surface area contributed by atoms with Crippen LogP contribution in [-0.2, 0) is 9.16 Å². The summed E-state index contributed by atoms with van der Waals surface area (Å²) in [6, 6.07) is 0. The van der Waals surface area contributed by atoms with Crippen LogP contribution in [0.15, 0.2) is 16.5 Å². The Morgan fingerprint density at radius 1 is 0.311 bits per heavy atom. The second kappa shape index (κ2) is 29.7. The van der Waals surface area contributed by atoms with Crippen LogP contribution in [0.1, 0.15) is 26.4 Å². The van der Waals surface area contributed by atoms with Crippen molar-refractivity contribution < 1.29 is 131 Å². The predicted molar refractivity (Wildman–Crippen MR) is 386 cm³/mol. The van der Waals surface area contributed by atoms with Gasteiger partial charge in [0.05, 0.1) is 118 Å². The highest BCUT2D eigenvalue weighted by Crippen LogP contribution is 2.68. The number of allylic oxidation sites excluding steroid dienone is 1. The van der Waals surface area contributed by atoms with E-state index in [1.54, 1.807) is 11.8 Å². The van der Waals surface area contributed by atoms with Crippen LogP contribution in [0.2, 0.25) is 0 Å². The van der Waals surface area contributed by atoms with E-state index in [1.807, 2.05) is 38.5 Å². The van der Waals surface area contributed by atoms with Gasteiger partial charge in [-0.25, -0.2) is 4.42 Å². The lowest BCUT2D eigenvalue weighted by molar-refractivity contribution is -0.479. The summed E-state index contributed by atoms with van der Waals surface area (Å²) in [7, 11) is 0. The normalized spacial score (nSPS) is 24.1. The van der Waals surface area contributed by atoms with Gasteiger partial charge in [-0.2, -0.15) is 0 Å². The first-order valence-electron chi connectivity index (χ1n) is 32.8. The molecule has 8 aromatic heterocycles. The largest absolute Gasteiger partial charge is 0.485 e. The molecule has 0 radical (unpaired) electrons. The van der Waals surface area contributed by atoms with Crippen LogP contribution >= 0.6 is 102 Å². The highest BCUT2D eigenvalue weighted by atomic mass is 32.2. The van der Waals surface area contributed by atoms with E-state index < -0.39 is 48.8 Å². The minimum Gasteiger partial charge on any atom is -0.485 e. The summed E-state index contributed by atoms with van der Waals surface area (Å²) < 4.78 is 110. The van der Waals surface area contributed by atoms with Crippen molar-refractivity contribution in [1.29, 1.82) is 0 Å². The Balaban J connectivity index is 0.000000138. The first kappa shape index (κ1) is 70.9. The fraction of sp³-hybridized carbons (Fsp3) is 0.478. The van der Waals surface area contributed by atoms with E-state index in [1.165, 1.54) is 90.7 Å². The van der Waals surface area contributed by atoms with Crippen molar-refractivity contribution in [3.05, 3.63) is 36.0 Å². The Morgan fingerprint density at radius 3 is 0.990 bits per heavy atom. The zero-order valence-corrected chi connectivity index (χ0v) is 62.6. The van der Waals surface area contributed by atoms with Gasteiger partial charge in [-0.05, 0) is 27.7 Å². The molecule has 0 saturated carbocycles. The average molecular weight is 1590 g/mol. The molecule has 18 heterocycles.